The second-order valence-corrected chi connectivity index (χ2v) is 4.70. The summed E-state index contributed by atoms with van der Waals surface area (Å²) in [5.41, 5.74) is -0.630. The summed E-state index contributed by atoms with van der Waals surface area (Å²) in [6, 6.07) is 1.32. The summed E-state index contributed by atoms with van der Waals surface area (Å²) in [5, 5.41) is 0. The molecule has 0 radical (unpaired) electrons. The number of esters is 1. The van der Waals surface area contributed by atoms with Crippen LogP contribution in [0.3, 0.4) is 0 Å². The lowest BCUT2D eigenvalue weighted by atomic mass is 10.0. The van der Waals surface area contributed by atoms with Gasteiger partial charge in [0.15, 0.2) is 0 Å². The van der Waals surface area contributed by atoms with Crippen LogP contribution in [-0.4, -0.2) is 17.6 Å². The Morgan fingerprint density at radius 3 is 2.88 bits per heavy atom. The fourth-order valence-corrected chi connectivity index (χ4v) is 2.00. The van der Waals surface area contributed by atoms with Gasteiger partial charge in [-0.15, -0.1) is 0 Å². The maximum absolute atomic E-state index is 13.7. The van der Waals surface area contributed by atoms with Crippen molar-refractivity contribution in [3.63, 3.8) is 0 Å². The minimum absolute atomic E-state index is 0.203. The van der Waals surface area contributed by atoms with Crippen LogP contribution in [0.2, 0.25) is 0 Å². The third-order valence-electron chi connectivity index (χ3n) is 2.68. The van der Waals surface area contributed by atoms with Crippen LogP contribution in [0, 0.1) is 5.82 Å². The van der Waals surface area contributed by atoms with Crippen molar-refractivity contribution in [3.8, 4) is 0 Å². The van der Waals surface area contributed by atoms with E-state index in [1.807, 2.05) is 0 Å². The first-order valence-electron chi connectivity index (χ1n) is 5.09. The van der Waals surface area contributed by atoms with Gasteiger partial charge in [0.25, 0.3) is 0 Å². The molecule has 1 aliphatic rings. The number of hydrogen-bond acceptors (Lipinski definition) is 3. The molecule has 0 aliphatic heterocycles. The monoisotopic (exact) mass is 287 g/mol. The second kappa shape index (κ2) is 4.13. The number of pyridine rings is 1. The summed E-state index contributed by atoms with van der Waals surface area (Å²) in [7, 11) is 0. The highest BCUT2D eigenvalue weighted by Crippen LogP contribution is 2.49. The Balaban J connectivity index is 2.33. The molecular formula is C11H11BrFNO2. The third-order valence-corrected chi connectivity index (χ3v) is 3.11. The van der Waals surface area contributed by atoms with Gasteiger partial charge >= 0.3 is 5.97 Å². The second-order valence-electron chi connectivity index (χ2n) is 3.79. The van der Waals surface area contributed by atoms with Crippen molar-refractivity contribution in [2.24, 2.45) is 0 Å². The summed E-state index contributed by atoms with van der Waals surface area (Å²) < 4.78 is 19.2. The minimum atomic E-state index is -0.833. The van der Waals surface area contributed by atoms with Gasteiger partial charge in [-0.1, -0.05) is 0 Å². The molecule has 16 heavy (non-hydrogen) atoms. The smallest absolute Gasteiger partial charge is 0.318 e. The van der Waals surface area contributed by atoms with Crippen LogP contribution in [-0.2, 0) is 14.9 Å². The number of ether oxygens (including phenoxy) is 1. The maximum Gasteiger partial charge on any atom is 0.318 e. The Labute approximate surface area is 101 Å². The molecule has 1 aromatic heterocycles. The Bertz CT molecular complexity index is 432. The first-order valence-corrected chi connectivity index (χ1v) is 5.88. The molecule has 1 aromatic rings. The van der Waals surface area contributed by atoms with Crippen molar-refractivity contribution < 1.29 is 13.9 Å². The first-order chi connectivity index (χ1) is 7.60. The average molecular weight is 288 g/mol. The van der Waals surface area contributed by atoms with E-state index < -0.39 is 11.2 Å². The van der Waals surface area contributed by atoms with Crippen LogP contribution in [0.4, 0.5) is 4.39 Å². The fourth-order valence-electron chi connectivity index (χ4n) is 1.70. The highest BCUT2D eigenvalue weighted by Gasteiger charge is 2.55. The van der Waals surface area contributed by atoms with Crippen LogP contribution in [0.25, 0.3) is 0 Å². The van der Waals surface area contributed by atoms with Gasteiger partial charge in [-0.25, -0.2) is 4.39 Å². The van der Waals surface area contributed by atoms with E-state index in [9.17, 15) is 9.18 Å². The molecule has 1 saturated carbocycles. The van der Waals surface area contributed by atoms with Gasteiger partial charge in [-0.2, -0.15) is 0 Å². The molecule has 0 bridgehead atoms. The SMILES string of the molecule is CCOC(=O)C1(c2ncc(Br)cc2F)CC1. The van der Waals surface area contributed by atoms with Crippen LogP contribution in [0.5, 0.6) is 0 Å². The van der Waals surface area contributed by atoms with Gasteiger partial charge in [0.1, 0.15) is 11.2 Å². The molecule has 0 spiro atoms. The van der Waals surface area contributed by atoms with E-state index in [0.717, 1.165) is 0 Å². The molecule has 0 N–H and O–H groups in total. The average Bonchev–Trinajstić information content (AvgIpc) is 2.99. The van der Waals surface area contributed by atoms with Crippen molar-refractivity contribution in [1.29, 1.82) is 0 Å². The van der Waals surface area contributed by atoms with E-state index in [0.29, 0.717) is 23.9 Å². The van der Waals surface area contributed by atoms with Gasteiger partial charge in [0.05, 0.1) is 12.3 Å². The van der Waals surface area contributed by atoms with Crippen LogP contribution < -0.4 is 0 Å². The Hall–Kier alpha value is -0.970. The molecule has 1 aliphatic carbocycles. The lowest BCUT2D eigenvalue weighted by Gasteiger charge is -2.13. The topological polar surface area (TPSA) is 39.2 Å². The Morgan fingerprint density at radius 1 is 1.69 bits per heavy atom. The van der Waals surface area contributed by atoms with E-state index >= 15 is 0 Å². The Kier molecular flexibility index (Phi) is 2.97. The van der Waals surface area contributed by atoms with Crippen molar-refractivity contribution in [2.75, 3.05) is 6.61 Å². The summed E-state index contributed by atoms with van der Waals surface area (Å²) in [6.07, 6.45) is 2.71. The zero-order valence-corrected chi connectivity index (χ0v) is 10.4. The lowest BCUT2D eigenvalue weighted by molar-refractivity contribution is -0.146. The number of aromatic nitrogens is 1. The van der Waals surface area contributed by atoms with E-state index in [2.05, 4.69) is 20.9 Å². The molecular weight excluding hydrogens is 277 g/mol. The predicted octanol–water partition coefficient (Wildman–Crippen LogP) is 2.58. The zero-order chi connectivity index (χ0) is 11.8. The number of carbonyl (C=O) groups is 1. The normalized spacial score (nSPS) is 16.9. The quantitative estimate of drug-likeness (QED) is 0.802. The maximum atomic E-state index is 13.7. The summed E-state index contributed by atoms with van der Waals surface area (Å²) in [4.78, 5) is 15.7. The zero-order valence-electron chi connectivity index (χ0n) is 8.80. The molecule has 3 nitrogen and oxygen atoms in total. The molecule has 0 saturated heterocycles. The van der Waals surface area contributed by atoms with Crippen molar-refractivity contribution in [1.82, 2.24) is 4.98 Å². The van der Waals surface area contributed by atoms with Gasteiger partial charge in [-0.05, 0) is 41.8 Å². The molecule has 2 rings (SSSR count). The van der Waals surface area contributed by atoms with Gasteiger partial charge in [0.2, 0.25) is 0 Å². The molecule has 0 unspecified atom stereocenters. The summed E-state index contributed by atoms with van der Waals surface area (Å²) >= 11 is 3.13. The van der Waals surface area contributed by atoms with Crippen molar-refractivity contribution in [2.45, 2.75) is 25.2 Å². The van der Waals surface area contributed by atoms with Crippen molar-refractivity contribution >= 4 is 21.9 Å². The van der Waals surface area contributed by atoms with Crippen LogP contribution >= 0.6 is 15.9 Å². The largest absolute Gasteiger partial charge is 0.465 e. The van der Waals surface area contributed by atoms with Crippen LogP contribution in [0.1, 0.15) is 25.5 Å². The predicted molar refractivity (Wildman–Crippen MR) is 59.4 cm³/mol. The number of hydrogen-bond donors (Lipinski definition) is 0. The van der Waals surface area contributed by atoms with Crippen molar-refractivity contribution in [3.05, 3.63) is 28.2 Å². The molecule has 5 heteroatoms. The molecule has 86 valence electrons. The highest BCUT2D eigenvalue weighted by atomic mass is 79.9. The fraction of sp³-hybridized carbons (Fsp3) is 0.455. The third kappa shape index (κ3) is 1.84. The van der Waals surface area contributed by atoms with Gasteiger partial charge in [0, 0.05) is 10.7 Å². The molecule has 0 aromatic carbocycles. The lowest BCUT2D eigenvalue weighted by Crippen LogP contribution is -2.25. The molecule has 0 amide bonds. The van der Waals surface area contributed by atoms with Gasteiger partial charge in [-0.3, -0.25) is 9.78 Å². The van der Waals surface area contributed by atoms with Gasteiger partial charge < -0.3 is 4.74 Å². The van der Waals surface area contributed by atoms with Crippen LogP contribution in [0.15, 0.2) is 16.7 Å². The number of rotatable bonds is 3. The molecule has 1 heterocycles. The summed E-state index contributed by atoms with van der Waals surface area (Å²) in [6.45, 7) is 2.04. The summed E-state index contributed by atoms with van der Waals surface area (Å²) in [5.74, 6) is -0.830. The number of halogens is 2. The first kappa shape index (κ1) is 11.5. The molecule has 0 atom stereocenters. The number of carbonyl (C=O) groups excluding carboxylic acids is 1. The molecule has 1 fully saturated rings. The highest BCUT2D eigenvalue weighted by molar-refractivity contribution is 9.10. The Morgan fingerprint density at radius 2 is 2.38 bits per heavy atom. The van der Waals surface area contributed by atoms with E-state index in [1.165, 1.54) is 12.3 Å². The number of nitrogens with zero attached hydrogens (tertiary/aromatic N) is 1. The van der Waals surface area contributed by atoms with E-state index in [1.54, 1.807) is 6.92 Å². The standard InChI is InChI=1S/C11H11BrFNO2/c1-2-16-10(15)11(3-4-11)9-8(13)5-7(12)6-14-9/h5-6H,2-4H2,1H3. The minimum Gasteiger partial charge on any atom is -0.465 e. The van der Waals surface area contributed by atoms with E-state index in [4.69, 9.17) is 4.74 Å². The van der Waals surface area contributed by atoms with E-state index in [-0.39, 0.29) is 11.7 Å².